The maximum absolute atomic E-state index is 13.0. The zero-order valence-corrected chi connectivity index (χ0v) is 71.0. The van der Waals surface area contributed by atoms with Gasteiger partial charge in [-0.3, -0.25) is 77.1 Å². The summed E-state index contributed by atoms with van der Waals surface area (Å²) in [7, 11) is 0. The molecule has 0 saturated carbocycles. The summed E-state index contributed by atoms with van der Waals surface area (Å²) in [5.74, 6) is 0.247. The van der Waals surface area contributed by atoms with Crippen LogP contribution in [0.1, 0.15) is 198 Å². The van der Waals surface area contributed by atoms with Gasteiger partial charge in [-0.2, -0.15) is 20.4 Å². The summed E-state index contributed by atoms with van der Waals surface area (Å²) >= 11 is 0. The van der Waals surface area contributed by atoms with E-state index in [1.54, 1.807) is 93.8 Å². The average Bonchev–Trinajstić information content (AvgIpc) is 1.62. The van der Waals surface area contributed by atoms with Crippen LogP contribution in [0.5, 0.6) is 23.0 Å². The maximum Gasteiger partial charge on any atom is 1.00 e. The number of nitrogen functional groups attached to an aromatic ring is 1. The third-order valence-electron chi connectivity index (χ3n) is 19.7. The molecule has 0 radical (unpaired) electrons. The molecule has 0 fully saturated rings. The summed E-state index contributed by atoms with van der Waals surface area (Å²) in [5, 5.41) is 43.7. The van der Waals surface area contributed by atoms with E-state index in [2.05, 4.69) is 82.6 Å². The normalized spacial score (nSPS) is 14.8. The minimum absolute atomic E-state index is 0. The third kappa shape index (κ3) is 18.4. The molecule has 4 aromatic carbocycles. The van der Waals surface area contributed by atoms with Gasteiger partial charge in [-0.1, -0.05) is 24.3 Å². The zero-order valence-electron chi connectivity index (χ0n) is 67.9. The number of aromatic carboxylic acids is 2. The van der Waals surface area contributed by atoms with Crippen molar-refractivity contribution in [1.29, 1.82) is 0 Å². The molecule has 119 heavy (non-hydrogen) atoms. The number of nitrogens with one attached hydrogen (secondary N) is 3. The van der Waals surface area contributed by atoms with E-state index in [-0.39, 0.29) is 122 Å². The van der Waals surface area contributed by atoms with Crippen molar-refractivity contribution >= 4 is 115 Å². The van der Waals surface area contributed by atoms with Crippen LogP contribution >= 0.6 is 0 Å². The maximum atomic E-state index is 13.0. The van der Waals surface area contributed by atoms with Gasteiger partial charge in [0.15, 0.2) is 11.6 Å². The Kier molecular flexibility index (Phi) is 28.1. The Hall–Kier alpha value is -12.7. The molecule has 16 rings (SSSR count). The largest absolute Gasteiger partial charge is 1.00 e. The molecular weight excluding hydrogens is 1560 g/mol. The van der Waals surface area contributed by atoms with E-state index in [9.17, 15) is 43.5 Å². The fourth-order valence-corrected chi connectivity index (χ4v) is 14.5. The number of ketones is 2. The third-order valence-corrected chi connectivity index (χ3v) is 19.7. The number of allylic oxidation sites excluding steroid dienone is 4. The number of ether oxygens (including phenoxy) is 4. The molecule has 36 nitrogen and oxygen atoms in total. The predicted molar refractivity (Wildman–Crippen MR) is 440 cm³/mol. The Morgan fingerprint density at radius 1 is 0.420 bits per heavy atom. The van der Waals surface area contributed by atoms with Gasteiger partial charge in [0.25, 0.3) is 17.7 Å². The summed E-state index contributed by atoms with van der Waals surface area (Å²) in [6.07, 6.45) is 9.90. The fraction of sp³-hybridized carbons (Fsp3) is 0.317. The molecule has 12 aromatic rings. The number of imidazole rings is 4. The van der Waals surface area contributed by atoms with Gasteiger partial charge >= 0.3 is 63.3 Å². The van der Waals surface area contributed by atoms with Crippen molar-refractivity contribution in [3.05, 3.63) is 191 Å². The number of aryl methyl sites for hydroxylation is 8. The molecule has 4 aliphatic heterocycles. The van der Waals surface area contributed by atoms with Gasteiger partial charge in [0.1, 0.15) is 94.3 Å². The molecule has 10 N–H and O–H groups in total. The standard InChI is InChI=1S/C21H23N5O3.C20H22N6O3.C20H21N5O4.C14H15N3O2.C7H10N2O2.K.H2O/c1-5-7-15-11-29-18-10-14(13(4)27)9-16-19(18)26(15)21(22-16)23-20(28)17-8-12(3)24-25(17)6-2;1-4-6-13-10-29-16-9-12(18(21)27)8-14-17(16)26(13)20(22-14)23-19(28)15-7-11(3)24-25(15)5-2;1-4-6-13-10-29-16-9-12(19(27)28)8-14-17(16)25(13)20(21-14)22-18(26)15-7-11(3)23-24(15)5-2;1-3-4-10-7-19-12-6-9(8(2)18)5-11-13(12)17(10)14(15)16-11;1-3-9-6(7(10)11)4-5(2)8-9;;/h5,8-10,15H,1,6-7,11H2,2-4H3,(H,22,23,28);4,7-9,13H,1,5-6,10H2,2-3H3,(H2,21,27)(H,22,23,28);4,7-9,13H,1,5-6,10H2,2-3H3,(H,27,28)(H,21,22,26);3,5-6,10H,1,4,7H2,2H3,(H2,15,16);4H,3H2,1-2H3,(H,10,11);;1H2/q;;;;;+1;/p-1/t15-;2*13-;10-;;;/m0000.../s1. The van der Waals surface area contributed by atoms with Crippen LogP contribution in [-0.2, 0) is 26.2 Å². The number of rotatable bonds is 23. The summed E-state index contributed by atoms with van der Waals surface area (Å²) in [6, 6.07) is 19.8. The first kappa shape index (κ1) is 88.7. The predicted octanol–water partition coefficient (Wildman–Crippen LogP) is 9.04. The average molecular weight is 1650 g/mol. The number of carbonyl (C=O) groups excluding carboxylic acids is 6. The Labute approximate surface area is 724 Å². The number of benzene rings is 4. The quantitative estimate of drug-likeness (QED) is 0.0178. The number of hydrogen-bond donors (Lipinski definition) is 7. The van der Waals surface area contributed by atoms with Gasteiger partial charge in [-0.25, -0.2) is 29.5 Å². The number of amides is 4. The number of nitrogens with zero attached hydrogens (tertiary/aromatic N) is 16. The molecular formula is C82H92KN21O15. The second-order valence-electron chi connectivity index (χ2n) is 28.0. The fourth-order valence-electron chi connectivity index (χ4n) is 14.5. The van der Waals surface area contributed by atoms with E-state index < -0.39 is 17.8 Å². The molecule has 4 amide bonds. The molecule has 12 heterocycles. The SMILES string of the molecule is C=CC[C@H]1COc2cc(C(=O)O)cc3nc(NC(=O)c4cc(C)nn4CC)n1c23.C=CC[C@H]1COc2cc(C(C)=O)cc3nc(N)n1c23.C=CC[C@H]1COc2cc(C(C)=O)cc3nc(NC(=O)c4cc(C)nn4CC)n1c23.C=CC[C@H]1COc2cc(C(N)=O)cc3nc(NC(=O)c4cc(C)nn4CC)n1c23.CCn1nc(C)cc1C(=O)O.[K+].[OH-]. The van der Waals surface area contributed by atoms with Crippen molar-refractivity contribution in [2.45, 2.75) is 145 Å². The minimum Gasteiger partial charge on any atom is -0.870 e. The molecule has 4 aliphatic rings. The summed E-state index contributed by atoms with van der Waals surface area (Å²) in [4.78, 5) is 114. The molecule has 616 valence electrons. The number of aromatic nitrogens is 16. The Morgan fingerprint density at radius 3 is 0.975 bits per heavy atom. The molecule has 0 bridgehead atoms. The van der Waals surface area contributed by atoms with Gasteiger partial charge in [-0.15, -0.1) is 26.3 Å². The Morgan fingerprint density at radius 2 is 0.689 bits per heavy atom. The van der Waals surface area contributed by atoms with Gasteiger partial charge in [0.05, 0.1) is 74.6 Å². The van der Waals surface area contributed by atoms with Gasteiger partial charge in [0, 0.05) is 42.9 Å². The first-order chi connectivity index (χ1) is 56.0. The smallest absolute Gasteiger partial charge is 0.870 e. The van der Waals surface area contributed by atoms with E-state index in [0.717, 1.165) is 40.2 Å². The van der Waals surface area contributed by atoms with E-state index in [4.69, 9.17) is 35.5 Å². The van der Waals surface area contributed by atoms with Crippen LogP contribution in [0.2, 0.25) is 0 Å². The van der Waals surface area contributed by atoms with Crippen molar-refractivity contribution < 1.29 is 124 Å². The van der Waals surface area contributed by atoms with Crippen molar-refractivity contribution in [3.8, 4) is 23.0 Å². The number of nitrogens with two attached hydrogens (primary N) is 2. The second-order valence-corrected chi connectivity index (χ2v) is 28.0. The number of hydrogen-bond acceptors (Lipinski definition) is 22. The van der Waals surface area contributed by atoms with Crippen molar-refractivity contribution in [3.63, 3.8) is 0 Å². The summed E-state index contributed by atoms with van der Waals surface area (Å²) in [5.41, 5.74) is 22.9. The van der Waals surface area contributed by atoms with E-state index in [0.29, 0.717) is 186 Å². The van der Waals surface area contributed by atoms with Crippen LogP contribution in [0.3, 0.4) is 0 Å². The zero-order chi connectivity index (χ0) is 84.1. The Bertz CT molecular complexity index is 5580. The van der Waals surface area contributed by atoms with Crippen LogP contribution in [0, 0.1) is 27.7 Å². The van der Waals surface area contributed by atoms with Crippen molar-refractivity contribution in [2.75, 3.05) is 48.1 Å². The minimum atomic E-state index is -1.07. The molecule has 0 unspecified atom stereocenters. The van der Waals surface area contributed by atoms with Crippen LogP contribution in [0.15, 0.2) is 123 Å². The van der Waals surface area contributed by atoms with Gasteiger partial charge < -0.3 is 50.7 Å². The van der Waals surface area contributed by atoms with E-state index >= 15 is 0 Å². The number of carbonyl (C=O) groups is 8. The van der Waals surface area contributed by atoms with Gasteiger partial charge in [0.2, 0.25) is 29.7 Å². The first-order valence-electron chi connectivity index (χ1n) is 37.9. The number of anilines is 4. The monoisotopic (exact) mass is 1650 g/mol. The van der Waals surface area contributed by atoms with Crippen LogP contribution < -0.4 is 97.7 Å². The first-order valence-corrected chi connectivity index (χ1v) is 37.9. The molecule has 0 spiro atoms. The number of carboxylic acids is 2. The number of carboxylic acid groups (broad SMARTS) is 2. The van der Waals surface area contributed by atoms with Crippen molar-refractivity contribution in [2.24, 2.45) is 5.73 Å². The Balaban J connectivity index is 0.000000160. The van der Waals surface area contributed by atoms with E-state index in [1.165, 1.54) is 30.7 Å². The number of Topliss-reactive ketones (excluding diaryl/α,β-unsaturated/α-hetero) is 2. The summed E-state index contributed by atoms with van der Waals surface area (Å²) in [6.45, 7) is 37.1. The van der Waals surface area contributed by atoms with E-state index in [1.807, 2.05) is 78.9 Å². The van der Waals surface area contributed by atoms with Gasteiger partial charge in [-0.05, 0) is 168 Å². The molecule has 0 saturated heterocycles. The molecule has 8 aromatic heterocycles. The molecule has 4 atom stereocenters. The second kappa shape index (κ2) is 37.7. The topological polar surface area (TPSA) is 475 Å². The van der Waals surface area contributed by atoms with Crippen molar-refractivity contribution in [1.82, 2.24) is 77.3 Å². The summed E-state index contributed by atoms with van der Waals surface area (Å²) < 4.78 is 37.5. The molecule has 37 heteroatoms. The van der Waals surface area contributed by atoms with Crippen LogP contribution in [0.4, 0.5) is 23.8 Å². The number of primary amides is 1. The molecule has 0 aliphatic carbocycles. The van der Waals surface area contributed by atoms with Crippen LogP contribution in [0.25, 0.3) is 44.1 Å². The van der Waals surface area contributed by atoms with Crippen LogP contribution in [-0.4, -0.2) is 167 Å².